The van der Waals surface area contributed by atoms with E-state index in [2.05, 4.69) is 29.3 Å². The number of carbonyl (C=O) groups is 1. The van der Waals surface area contributed by atoms with Gasteiger partial charge in [-0.2, -0.15) is 0 Å². The second kappa shape index (κ2) is 9.31. The normalized spacial score (nSPS) is 20.8. The van der Waals surface area contributed by atoms with Gasteiger partial charge in [0.25, 0.3) is 0 Å². The quantitative estimate of drug-likeness (QED) is 0.689. The summed E-state index contributed by atoms with van der Waals surface area (Å²) in [5.74, 6) is 0.386. The molecule has 1 saturated heterocycles. The number of hydrogen-bond donors (Lipinski definition) is 0. The van der Waals surface area contributed by atoms with Crippen LogP contribution in [0, 0.1) is 5.92 Å². The van der Waals surface area contributed by atoms with Gasteiger partial charge in [0.1, 0.15) is 6.61 Å². The molecule has 2 atom stereocenters. The van der Waals surface area contributed by atoms with Gasteiger partial charge < -0.3 is 4.90 Å². The van der Waals surface area contributed by atoms with Crippen molar-refractivity contribution in [3.05, 3.63) is 58.3 Å². The number of hydroxylamine groups is 2. The Morgan fingerprint density at radius 1 is 1.27 bits per heavy atom. The van der Waals surface area contributed by atoms with Crippen molar-refractivity contribution in [3.8, 4) is 0 Å². The Hall–Kier alpha value is -1.69. The van der Waals surface area contributed by atoms with Crippen LogP contribution in [0.25, 0.3) is 0 Å². The van der Waals surface area contributed by atoms with Crippen LogP contribution < -0.4 is 0 Å². The van der Waals surface area contributed by atoms with Crippen molar-refractivity contribution in [1.82, 2.24) is 9.96 Å². The molecule has 0 spiro atoms. The number of thiophene rings is 1. The topological polar surface area (TPSA) is 32.8 Å². The molecule has 0 saturated carbocycles. The van der Waals surface area contributed by atoms with Gasteiger partial charge in [-0.1, -0.05) is 43.3 Å². The lowest BCUT2D eigenvalue weighted by molar-refractivity contribution is -0.214. The van der Waals surface area contributed by atoms with Gasteiger partial charge in [0.15, 0.2) is 0 Å². The number of piperidine rings is 1. The lowest BCUT2D eigenvalue weighted by atomic mass is 9.93. The fraction of sp³-hybridized carbons (Fsp3) is 0.476. The average Bonchev–Trinajstić information content (AvgIpc) is 3.16. The molecule has 0 aliphatic carbocycles. The van der Waals surface area contributed by atoms with Gasteiger partial charge in [0.05, 0.1) is 6.04 Å². The van der Waals surface area contributed by atoms with Crippen molar-refractivity contribution in [2.24, 2.45) is 5.92 Å². The minimum absolute atomic E-state index is 0.00943. The number of hydrogen-bond acceptors (Lipinski definition) is 4. The highest BCUT2D eigenvalue weighted by atomic mass is 32.1. The van der Waals surface area contributed by atoms with E-state index in [9.17, 15) is 4.79 Å². The Morgan fingerprint density at radius 3 is 2.73 bits per heavy atom. The van der Waals surface area contributed by atoms with Gasteiger partial charge in [-0.3, -0.25) is 9.63 Å². The van der Waals surface area contributed by atoms with Crippen LogP contribution in [0.1, 0.15) is 30.7 Å². The molecule has 2 aromatic rings. The van der Waals surface area contributed by atoms with E-state index in [1.807, 2.05) is 41.7 Å². The first-order valence-electron chi connectivity index (χ1n) is 9.35. The minimum atomic E-state index is -0.00943. The molecule has 0 bridgehead atoms. The monoisotopic (exact) mass is 372 g/mol. The van der Waals surface area contributed by atoms with Crippen LogP contribution in [-0.2, 0) is 22.7 Å². The zero-order valence-electron chi connectivity index (χ0n) is 15.6. The fourth-order valence-electron chi connectivity index (χ4n) is 3.63. The van der Waals surface area contributed by atoms with Gasteiger partial charge >= 0.3 is 0 Å². The standard InChI is InChI=1S/C21H28N2O2S/c1-17-15-22(12-10-20-9-6-14-26-20)13-11-21(17)23(18(2)24)25-16-19-7-4-3-5-8-19/h3-9,14,17,21H,10-13,15-16H2,1-2H3. The van der Waals surface area contributed by atoms with Crippen LogP contribution in [0.15, 0.2) is 47.8 Å². The predicted octanol–water partition coefficient (Wildman–Crippen LogP) is 3.98. The minimum Gasteiger partial charge on any atom is -0.303 e. The number of rotatable bonds is 7. The summed E-state index contributed by atoms with van der Waals surface area (Å²) in [4.78, 5) is 22.0. The second-order valence-electron chi connectivity index (χ2n) is 7.07. The van der Waals surface area contributed by atoms with E-state index in [1.165, 1.54) is 4.88 Å². The Labute approximate surface area is 160 Å². The summed E-state index contributed by atoms with van der Waals surface area (Å²) in [6.45, 7) is 7.37. The molecule has 140 valence electrons. The largest absolute Gasteiger partial charge is 0.303 e. The molecule has 1 aliphatic heterocycles. The number of amides is 1. The average molecular weight is 373 g/mol. The van der Waals surface area contributed by atoms with Gasteiger partial charge in [-0.25, -0.2) is 5.06 Å². The van der Waals surface area contributed by atoms with E-state index in [-0.39, 0.29) is 11.9 Å². The van der Waals surface area contributed by atoms with Crippen molar-refractivity contribution < 1.29 is 9.63 Å². The van der Waals surface area contributed by atoms with Crippen LogP contribution in [0.4, 0.5) is 0 Å². The molecule has 5 heteroatoms. The summed E-state index contributed by atoms with van der Waals surface area (Å²) in [6.07, 6.45) is 2.07. The number of benzene rings is 1. The highest BCUT2D eigenvalue weighted by Crippen LogP contribution is 2.24. The molecule has 2 unspecified atom stereocenters. The maximum atomic E-state index is 12.2. The smallest absolute Gasteiger partial charge is 0.243 e. The summed E-state index contributed by atoms with van der Waals surface area (Å²) in [7, 11) is 0. The molecule has 0 radical (unpaired) electrons. The van der Waals surface area contributed by atoms with Crippen LogP contribution in [0.3, 0.4) is 0 Å². The van der Waals surface area contributed by atoms with Crippen LogP contribution >= 0.6 is 11.3 Å². The molecule has 1 aliphatic rings. The first-order valence-corrected chi connectivity index (χ1v) is 10.2. The Kier molecular flexibility index (Phi) is 6.83. The zero-order chi connectivity index (χ0) is 18.4. The summed E-state index contributed by atoms with van der Waals surface area (Å²) in [5.41, 5.74) is 1.08. The second-order valence-corrected chi connectivity index (χ2v) is 8.10. The molecule has 1 amide bonds. The molecule has 1 aromatic carbocycles. The van der Waals surface area contributed by atoms with Crippen molar-refractivity contribution in [2.45, 2.75) is 39.3 Å². The lowest BCUT2D eigenvalue weighted by Crippen LogP contribution is -2.51. The van der Waals surface area contributed by atoms with Gasteiger partial charge in [0, 0.05) is 31.4 Å². The van der Waals surface area contributed by atoms with Crippen LogP contribution in [0.2, 0.25) is 0 Å². The summed E-state index contributed by atoms with van der Waals surface area (Å²) >= 11 is 1.83. The third-order valence-corrected chi connectivity index (χ3v) is 5.96. The first kappa shape index (κ1) is 19.1. The first-order chi connectivity index (χ1) is 12.6. The molecule has 1 fully saturated rings. The SMILES string of the molecule is CC(=O)N(OCc1ccccc1)C1CCN(CCc2cccs2)CC1C. The molecule has 1 aromatic heterocycles. The number of nitrogens with zero attached hydrogens (tertiary/aromatic N) is 2. The van der Waals surface area contributed by atoms with Gasteiger partial charge in [-0.05, 0) is 35.8 Å². The summed E-state index contributed by atoms with van der Waals surface area (Å²) in [6, 6.07) is 14.5. The van der Waals surface area contributed by atoms with E-state index >= 15 is 0 Å². The number of likely N-dealkylation sites (tertiary alicyclic amines) is 1. The van der Waals surface area contributed by atoms with Crippen molar-refractivity contribution in [1.29, 1.82) is 0 Å². The molecule has 0 N–H and O–H groups in total. The van der Waals surface area contributed by atoms with E-state index in [0.717, 1.165) is 38.0 Å². The molecular weight excluding hydrogens is 344 g/mol. The molecule has 4 nitrogen and oxygen atoms in total. The highest BCUT2D eigenvalue weighted by Gasteiger charge is 2.32. The molecule has 3 rings (SSSR count). The van der Waals surface area contributed by atoms with Crippen molar-refractivity contribution in [2.75, 3.05) is 19.6 Å². The lowest BCUT2D eigenvalue weighted by Gasteiger charge is -2.41. The third kappa shape index (κ3) is 5.16. The third-order valence-electron chi connectivity index (χ3n) is 5.02. The Bertz CT molecular complexity index is 675. The van der Waals surface area contributed by atoms with E-state index in [1.54, 1.807) is 12.0 Å². The molecular formula is C21H28N2O2S. The van der Waals surface area contributed by atoms with Crippen LogP contribution in [-0.4, -0.2) is 41.5 Å². The van der Waals surface area contributed by atoms with Crippen LogP contribution in [0.5, 0.6) is 0 Å². The van der Waals surface area contributed by atoms with Crippen molar-refractivity contribution >= 4 is 17.2 Å². The van der Waals surface area contributed by atoms with E-state index in [0.29, 0.717) is 12.5 Å². The van der Waals surface area contributed by atoms with E-state index in [4.69, 9.17) is 4.84 Å². The maximum absolute atomic E-state index is 12.2. The fourth-order valence-corrected chi connectivity index (χ4v) is 4.33. The Morgan fingerprint density at radius 2 is 2.08 bits per heavy atom. The van der Waals surface area contributed by atoms with E-state index < -0.39 is 0 Å². The highest BCUT2D eigenvalue weighted by molar-refractivity contribution is 7.09. The van der Waals surface area contributed by atoms with Gasteiger partial charge in [-0.15, -0.1) is 11.3 Å². The number of carbonyl (C=O) groups excluding carboxylic acids is 1. The summed E-state index contributed by atoms with van der Waals surface area (Å²) < 4.78 is 0. The predicted molar refractivity (Wildman–Crippen MR) is 106 cm³/mol. The zero-order valence-corrected chi connectivity index (χ0v) is 16.5. The Balaban J connectivity index is 1.52. The molecule has 2 heterocycles. The maximum Gasteiger partial charge on any atom is 0.243 e. The van der Waals surface area contributed by atoms with Crippen molar-refractivity contribution in [3.63, 3.8) is 0 Å². The summed E-state index contributed by atoms with van der Waals surface area (Å²) in [5, 5.41) is 3.76. The van der Waals surface area contributed by atoms with Gasteiger partial charge in [0.2, 0.25) is 5.91 Å². The molecule has 26 heavy (non-hydrogen) atoms.